The molecule has 5 rings (SSSR count). The molecule has 0 radical (unpaired) electrons. The van der Waals surface area contributed by atoms with E-state index >= 15 is 0 Å². The Hall–Kier alpha value is -1.24. The molecule has 3 aliphatic carbocycles. The van der Waals surface area contributed by atoms with Gasteiger partial charge in [0.25, 0.3) is 0 Å². The number of hydrogen-bond acceptors (Lipinski definition) is 6. The fourth-order valence-electron chi connectivity index (χ4n) is 8.22. The molecule has 31 heavy (non-hydrogen) atoms. The Morgan fingerprint density at radius 2 is 2.10 bits per heavy atom. The van der Waals surface area contributed by atoms with E-state index in [9.17, 15) is 9.59 Å². The Bertz CT molecular complexity index is 805. The molecule has 0 amide bonds. The number of allylic oxidation sites excluding steroid dienone is 1. The first kappa shape index (κ1) is 21.6. The molecule has 0 aromatic carbocycles. The van der Waals surface area contributed by atoms with E-state index in [1.54, 1.807) is 7.11 Å². The third-order valence-electron chi connectivity index (χ3n) is 9.60. The Balaban J connectivity index is 1.63. The normalized spacial score (nSPS) is 44.5. The predicted molar refractivity (Wildman–Crippen MR) is 115 cm³/mol. The number of carbonyl (C=O) groups is 2. The van der Waals surface area contributed by atoms with Gasteiger partial charge >= 0.3 is 5.97 Å². The van der Waals surface area contributed by atoms with Gasteiger partial charge < -0.3 is 19.1 Å². The quantitative estimate of drug-likeness (QED) is 0.636. The van der Waals surface area contributed by atoms with Gasteiger partial charge in [0, 0.05) is 49.8 Å². The zero-order chi connectivity index (χ0) is 22.0. The zero-order valence-electron chi connectivity index (χ0n) is 19.5. The molecule has 1 unspecified atom stereocenters. The number of esters is 1. The Kier molecular flexibility index (Phi) is 5.15. The van der Waals surface area contributed by atoms with Gasteiger partial charge in [-0.05, 0) is 57.6 Å². The maximum atomic E-state index is 13.1. The molecule has 2 saturated heterocycles. The van der Waals surface area contributed by atoms with Crippen molar-refractivity contribution in [3.63, 3.8) is 0 Å². The van der Waals surface area contributed by atoms with E-state index in [4.69, 9.17) is 14.2 Å². The van der Waals surface area contributed by atoms with Gasteiger partial charge in [0.15, 0.2) is 11.6 Å². The molecule has 0 aromatic heterocycles. The monoisotopic (exact) mass is 431 g/mol. The summed E-state index contributed by atoms with van der Waals surface area (Å²) in [6, 6.07) is 0. The van der Waals surface area contributed by atoms with Gasteiger partial charge in [-0.1, -0.05) is 12.5 Å². The van der Waals surface area contributed by atoms with Crippen LogP contribution in [0, 0.1) is 28.6 Å². The number of hydrogen-bond donors (Lipinski definition) is 0. The summed E-state index contributed by atoms with van der Waals surface area (Å²) in [4.78, 5) is 28.6. The van der Waals surface area contributed by atoms with E-state index < -0.39 is 5.79 Å². The topological polar surface area (TPSA) is 65.1 Å². The molecule has 2 bridgehead atoms. The Labute approximate surface area is 185 Å². The first-order valence-corrected chi connectivity index (χ1v) is 12.2. The van der Waals surface area contributed by atoms with Crippen molar-refractivity contribution in [3.8, 4) is 0 Å². The van der Waals surface area contributed by atoms with Crippen molar-refractivity contribution >= 4 is 11.8 Å². The minimum Gasteiger partial charge on any atom is -0.466 e. The highest BCUT2D eigenvalue weighted by molar-refractivity contribution is 6.01. The van der Waals surface area contributed by atoms with Crippen LogP contribution in [0.1, 0.15) is 58.8 Å². The number of carbonyl (C=O) groups excluding carboxylic acids is 2. The van der Waals surface area contributed by atoms with Crippen LogP contribution in [0.25, 0.3) is 0 Å². The SMILES string of the molecule is CCOC(=O)[C@@H]1C[C@@]23CN(C)C[C@@H](CCC4=C2[C@@H]1CC4=O)C31CC[C@](CC)(OC)OC1. The lowest BCUT2D eigenvalue weighted by molar-refractivity contribution is -0.295. The average Bonchev–Trinajstić information content (AvgIpc) is 3.23. The first-order chi connectivity index (χ1) is 14.9. The van der Waals surface area contributed by atoms with Crippen LogP contribution in [0.3, 0.4) is 0 Å². The van der Waals surface area contributed by atoms with Crippen LogP contribution < -0.4 is 0 Å². The van der Waals surface area contributed by atoms with Crippen LogP contribution in [0.4, 0.5) is 0 Å². The number of likely N-dealkylation sites (tertiary alicyclic amines) is 1. The smallest absolute Gasteiger partial charge is 0.309 e. The maximum Gasteiger partial charge on any atom is 0.309 e. The lowest BCUT2D eigenvalue weighted by atomic mass is 9.50. The summed E-state index contributed by atoms with van der Waals surface area (Å²) < 4.78 is 17.9. The molecule has 1 saturated carbocycles. The van der Waals surface area contributed by atoms with E-state index in [1.807, 2.05) is 6.92 Å². The van der Waals surface area contributed by atoms with E-state index in [0.717, 1.165) is 57.2 Å². The van der Waals surface area contributed by atoms with Crippen molar-refractivity contribution in [2.75, 3.05) is 40.5 Å². The molecule has 2 aliphatic heterocycles. The largest absolute Gasteiger partial charge is 0.466 e. The van der Waals surface area contributed by atoms with Crippen LogP contribution in [-0.2, 0) is 23.8 Å². The van der Waals surface area contributed by atoms with E-state index in [1.165, 1.54) is 5.57 Å². The third kappa shape index (κ3) is 2.80. The predicted octanol–water partition coefficient (Wildman–Crippen LogP) is 3.35. The van der Waals surface area contributed by atoms with Gasteiger partial charge in [-0.2, -0.15) is 0 Å². The second kappa shape index (κ2) is 7.39. The number of ketones is 1. The molecule has 6 atom stereocenters. The summed E-state index contributed by atoms with van der Waals surface area (Å²) in [6.07, 6.45) is 5.89. The average molecular weight is 432 g/mol. The minimum absolute atomic E-state index is 0.0176. The van der Waals surface area contributed by atoms with Gasteiger partial charge in [0.1, 0.15) is 0 Å². The number of piperidine rings is 1. The molecule has 0 aromatic rings. The number of ether oxygens (including phenoxy) is 3. The first-order valence-electron chi connectivity index (χ1n) is 12.2. The highest BCUT2D eigenvalue weighted by Crippen LogP contribution is 2.71. The number of rotatable bonds is 4. The highest BCUT2D eigenvalue weighted by atomic mass is 16.7. The lowest BCUT2D eigenvalue weighted by Gasteiger charge is -2.62. The summed E-state index contributed by atoms with van der Waals surface area (Å²) in [7, 11) is 3.95. The van der Waals surface area contributed by atoms with Crippen molar-refractivity contribution in [2.45, 2.75) is 64.6 Å². The summed E-state index contributed by atoms with van der Waals surface area (Å²) in [5.74, 6) is -0.0840. The second-order valence-corrected chi connectivity index (χ2v) is 10.6. The molecule has 6 nitrogen and oxygen atoms in total. The third-order valence-corrected chi connectivity index (χ3v) is 9.60. The van der Waals surface area contributed by atoms with E-state index in [-0.39, 0.29) is 34.4 Å². The molecule has 172 valence electrons. The van der Waals surface area contributed by atoms with Crippen molar-refractivity contribution in [1.82, 2.24) is 4.90 Å². The highest BCUT2D eigenvalue weighted by Gasteiger charge is 2.70. The number of methoxy groups -OCH3 is 1. The molecule has 2 spiro atoms. The van der Waals surface area contributed by atoms with Crippen molar-refractivity contribution < 1.29 is 23.8 Å². The summed E-state index contributed by atoms with van der Waals surface area (Å²) in [6.45, 7) is 6.96. The fourth-order valence-corrected chi connectivity index (χ4v) is 8.22. The number of nitrogens with zero attached hydrogens (tertiary/aromatic N) is 1. The van der Waals surface area contributed by atoms with Gasteiger partial charge in [-0.25, -0.2) is 0 Å². The van der Waals surface area contributed by atoms with Gasteiger partial charge in [-0.3, -0.25) is 9.59 Å². The standard InChI is InChI=1S/C25H37NO5/c1-5-25(29-4)10-9-23(15-31-25)16-7-8-17-20(27)11-18-19(22(28)30-6-2)12-24(23,21(17)18)14-26(3)13-16/h16,18-19H,5-15H2,1-4H3/t16-,18-,19-,23?,24-,25-/m1/s1. The fraction of sp³-hybridized carbons (Fsp3) is 0.840. The van der Waals surface area contributed by atoms with Gasteiger partial charge in [-0.15, -0.1) is 0 Å². The van der Waals surface area contributed by atoms with Crippen molar-refractivity contribution in [2.24, 2.45) is 28.6 Å². The summed E-state index contributed by atoms with van der Waals surface area (Å²) in [5.41, 5.74) is 2.14. The molecule has 3 fully saturated rings. The molecule has 2 heterocycles. The Morgan fingerprint density at radius 1 is 1.29 bits per heavy atom. The lowest BCUT2D eigenvalue weighted by Crippen LogP contribution is -2.64. The zero-order valence-corrected chi connectivity index (χ0v) is 19.5. The van der Waals surface area contributed by atoms with Crippen LogP contribution in [0.5, 0.6) is 0 Å². The van der Waals surface area contributed by atoms with Crippen LogP contribution in [0.15, 0.2) is 11.1 Å². The van der Waals surface area contributed by atoms with Crippen molar-refractivity contribution in [1.29, 1.82) is 0 Å². The van der Waals surface area contributed by atoms with Crippen LogP contribution in [-0.4, -0.2) is 62.9 Å². The Morgan fingerprint density at radius 3 is 2.74 bits per heavy atom. The molecular weight excluding hydrogens is 394 g/mol. The maximum absolute atomic E-state index is 13.1. The minimum atomic E-state index is -0.504. The van der Waals surface area contributed by atoms with Gasteiger partial charge in [0.2, 0.25) is 0 Å². The van der Waals surface area contributed by atoms with Gasteiger partial charge in [0.05, 0.1) is 19.1 Å². The molecule has 5 aliphatic rings. The second-order valence-electron chi connectivity index (χ2n) is 10.6. The number of Topliss-reactive ketones (excluding diaryl/α,β-unsaturated/α-hetero) is 1. The molecular formula is C25H37NO5. The summed E-state index contributed by atoms with van der Waals surface area (Å²) >= 11 is 0. The summed E-state index contributed by atoms with van der Waals surface area (Å²) in [5, 5.41) is 0. The van der Waals surface area contributed by atoms with Crippen molar-refractivity contribution in [3.05, 3.63) is 11.1 Å². The molecule has 0 N–H and O–H groups in total. The van der Waals surface area contributed by atoms with Crippen LogP contribution >= 0.6 is 0 Å². The van der Waals surface area contributed by atoms with E-state index in [2.05, 4.69) is 18.9 Å². The molecule has 6 heteroatoms. The van der Waals surface area contributed by atoms with E-state index in [0.29, 0.717) is 25.6 Å². The van der Waals surface area contributed by atoms with Crippen LogP contribution in [0.2, 0.25) is 0 Å².